The van der Waals surface area contributed by atoms with Gasteiger partial charge in [-0.25, -0.2) is 0 Å². The first kappa shape index (κ1) is 7.28. The first-order valence-electron chi connectivity index (χ1n) is 2.63. The molecule has 0 unspecified atom stereocenters. The molecule has 0 aliphatic carbocycles. The Balaban J connectivity index is 3.15. The zero-order valence-corrected chi connectivity index (χ0v) is 5.48. The summed E-state index contributed by atoms with van der Waals surface area (Å²) in [6, 6.07) is 0. The molecule has 0 heterocycles. The van der Waals surface area contributed by atoms with E-state index in [1.54, 1.807) is 0 Å². The summed E-state index contributed by atoms with van der Waals surface area (Å²) in [5.41, 5.74) is 1.27. The normalized spacial score (nSPS) is 7.75. The number of hydrogen-bond donors (Lipinski definition) is 0. The van der Waals surface area contributed by atoms with Crippen molar-refractivity contribution in [2.24, 2.45) is 0 Å². The standard InChI is InChI=1S/C7H12O/c1-4-8-6-5-7(2)3/h4-5H,1,6H2,2-3H3. The molecule has 0 rings (SSSR count). The lowest BCUT2D eigenvalue weighted by Crippen LogP contribution is -1.79. The van der Waals surface area contributed by atoms with Crippen LogP contribution in [0.4, 0.5) is 0 Å². The van der Waals surface area contributed by atoms with Crippen LogP contribution < -0.4 is 0 Å². The molecule has 1 heteroatoms. The zero-order chi connectivity index (χ0) is 6.41. The predicted octanol–water partition coefficient (Wildman–Crippen LogP) is 2.11. The average molecular weight is 112 g/mol. The van der Waals surface area contributed by atoms with Crippen molar-refractivity contribution in [1.82, 2.24) is 0 Å². The van der Waals surface area contributed by atoms with Gasteiger partial charge in [-0.15, -0.1) is 0 Å². The second-order valence-electron chi connectivity index (χ2n) is 1.78. The maximum absolute atomic E-state index is 4.83. The Bertz CT molecular complexity index is 88.6. The van der Waals surface area contributed by atoms with Crippen molar-refractivity contribution in [3.63, 3.8) is 0 Å². The van der Waals surface area contributed by atoms with Crippen LogP contribution in [0.25, 0.3) is 0 Å². The molecule has 0 atom stereocenters. The van der Waals surface area contributed by atoms with Gasteiger partial charge in [-0.3, -0.25) is 0 Å². The van der Waals surface area contributed by atoms with Gasteiger partial charge in [0, 0.05) is 0 Å². The van der Waals surface area contributed by atoms with E-state index in [1.165, 1.54) is 11.8 Å². The smallest absolute Gasteiger partial charge is 0.106 e. The molecule has 0 aromatic carbocycles. The molecule has 1 nitrogen and oxygen atoms in total. The lowest BCUT2D eigenvalue weighted by molar-refractivity contribution is 0.290. The third-order valence-electron chi connectivity index (χ3n) is 0.706. The predicted molar refractivity (Wildman–Crippen MR) is 35.6 cm³/mol. The van der Waals surface area contributed by atoms with Gasteiger partial charge in [0.2, 0.25) is 0 Å². The Morgan fingerprint density at radius 2 is 2.25 bits per heavy atom. The minimum atomic E-state index is 0.645. The molecular formula is C7H12O. The first-order valence-corrected chi connectivity index (χ1v) is 2.63. The highest BCUT2D eigenvalue weighted by Crippen LogP contribution is 1.87. The number of rotatable bonds is 3. The molecule has 0 fully saturated rings. The highest BCUT2D eigenvalue weighted by Gasteiger charge is 1.73. The van der Waals surface area contributed by atoms with Crippen LogP contribution in [0.3, 0.4) is 0 Å². The van der Waals surface area contributed by atoms with Crippen molar-refractivity contribution < 1.29 is 4.74 Å². The monoisotopic (exact) mass is 112 g/mol. The highest BCUT2D eigenvalue weighted by molar-refractivity contribution is 4.92. The molecular weight excluding hydrogens is 100 g/mol. The van der Waals surface area contributed by atoms with Crippen molar-refractivity contribution in [3.05, 3.63) is 24.5 Å². The number of hydrogen-bond acceptors (Lipinski definition) is 1. The highest BCUT2D eigenvalue weighted by atomic mass is 16.5. The maximum atomic E-state index is 4.83. The van der Waals surface area contributed by atoms with Crippen LogP contribution in [0.15, 0.2) is 24.5 Å². The first-order chi connectivity index (χ1) is 3.77. The van der Waals surface area contributed by atoms with Gasteiger partial charge in [-0.2, -0.15) is 0 Å². The Hall–Kier alpha value is -0.720. The fourth-order valence-corrected chi connectivity index (χ4v) is 0.283. The van der Waals surface area contributed by atoms with E-state index in [0.29, 0.717) is 6.61 Å². The fraction of sp³-hybridized carbons (Fsp3) is 0.429. The molecule has 0 radical (unpaired) electrons. The van der Waals surface area contributed by atoms with Crippen molar-refractivity contribution in [2.45, 2.75) is 13.8 Å². The van der Waals surface area contributed by atoms with E-state index in [2.05, 4.69) is 6.58 Å². The summed E-state index contributed by atoms with van der Waals surface area (Å²) < 4.78 is 4.83. The number of allylic oxidation sites excluding steroid dienone is 1. The van der Waals surface area contributed by atoms with Crippen LogP contribution in [-0.4, -0.2) is 6.61 Å². The van der Waals surface area contributed by atoms with Crippen molar-refractivity contribution >= 4 is 0 Å². The van der Waals surface area contributed by atoms with E-state index in [-0.39, 0.29) is 0 Å². The van der Waals surface area contributed by atoms with Gasteiger partial charge >= 0.3 is 0 Å². The van der Waals surface area contributed by atoms with E-state index in [1.807, 2.05) is 19.9 Å². The molecule has 0 aromatic rings. The molecule has 8 heavy (non-hydrogen) atoms. The van der Waals surface area contributed by atoms with E-state index in [9.17, 15) is 0 Å². The fourth-order valence-electron chi connectivity index (χ4n) is 0.283. The summed E-state index contributed by atoms with van der Waals surface area (Å²) in [4.78, 5) is 0. The Kier molecular flexibility index (Phi) is 4.04. The lowest BCUT2D eigenvalue weighted by atomic mass is 10.3. The van der Waals surface area contributed by atoms with Crippen LogP contribution in [0.2, 0.25) is 0 Å². The van der Waals surface area contributed by atoms with Crippen LogP contribution in [0.5, 0.6) is 0 Å². The minimum Gasteiger partial charge on any atom is -0.498 e. The van der Waals surface area contributed by atoms with Crippen LogP contribution >= 0.6 is 0 Å². The van der Waals surface area contributed by atoms with Crippen LogP contribution in [-0.2, 0) is 4.74 Å². The van der Waals surface area contributed by atoms with Gasteiger partial charge in [0.25, 0.3) is 0 Å². The van der Waals surface area contributed by atoms with Gasteiger partial charge in [0.1, 0.15) is 6.61 Å². The number of ether oxygens (including phenoxy) is 1. The molecule has 0 saturated carbocycles. The second kappa shape index (κ2) is 4.44. The molecule has 0 saturated heterocycles. The molecule has 46 valence electrons. The van der Waals surface area contributed by atoms with Gasteiger partial charge in [0.15, 0.2) is 0 Å². The third kappa shape index (κ3) is 5.28. The molecule has 0 N–H and O–H groups in total. The van der Waals surface area contributed by atoms with Gasteiger partial charge in [-0.1, -0.05) is 12.2 Å². The molecule has 0 aliphatic rings. The lowest BCUT2D eigenvalue weighted by Gasteiger charge is -1.91. The van der Waals surface area contributed by atoms with Crippen molar-refractivity contribution in [3.8, 4) is 0 Å². The van der Waals surface area contributed by atoms with Crippen molar-refractivity contribution in [2.75, 3.05) is 6.61 Å². The van der Waals surface area contributed by atoms with Gasteiger partial charge in [0.05, 0.1) is 6.26 Å². The van der Waals surface area contributed by atoms with Crippen LogP contribution in [0.1, 0.15) is 13.8 Å². The average Bonchev–Trinajstić information content (AvgIpc) is 1.66. The summed E-state index contributed by atoms with van der Waals surface area (Å²) in [7, 11) is 0. The Morgan fingerprint density at radius 3 is 2.62 bits per heavy atom. The second-order valence-corrected chi connectivity index (χ2v) is 1.78. The minimum absolute atomic E-state index is 0.645. The molecule has 0 spiro atoms. The summed E-state index contributed by atoms with van der Waals surface area (Å²) in [6.45, 7) is 8.12. The summed E-state index contributed by atoms with van der Waals surface area (Å²) in [5, 5.41) is 0. The van der Waals surface area contributed by atoms with Gasteiger partial charge < -0.3 is 4.74 Å². The summed E-state index contributed by atoms with van der Waals surface area (Å²) >= 11 is 0. The third-order valence-corrected chi connectivity index (χ3v) is 0.706. The van der Waals surface area contributed by atoms with E-state index in [0.717, 1.165) is 0 Å². The molecule has 0 bridgehead atoms. The van der Waals surface area contributed by atoms with Crippen LogP contribution in [0, 0.1) is 0 Å². The van der Waals surface area contributed by atoms with Crippen molar-refractivity contribution in [1.29, 1.82) is 0 Å². The quantitative estimate of drug-likeness (QED) is 0.308. The summed E-state index contributed by atoms with van der Waals surface area (Å²) in [5.74, 6) is 0. The topological polar surface area (TPSA) is 9.23 Å². The SMILES string of the molecule is C=COCC=C(C)C. The molecule has 0 amide bonds. The van der Waals surface area contributed by atoms with Gasteiger partial charge in [-0.05, 0) is 19.9 Å². The van der Waals surface area contributed by atoms with E-state index in [4.69, 9.17) is 4.74 Å². The Labute approximate surface area is 50.7 Å². The zero-order valence-electron chi connectivity index (χ0n) is 5.48. The van der Waals surface area contributed by atoms with E-state index < -0.39 is 0 Å². The summed E-state index contributed by atoms with van der Waals surface area (Å²) in [6.07, 6.45) is 3.45. The molecule has 0 aromatic heterocycles. The Morgan fingerprint density at radius 1 is 1.62 bits per heavy atom. The molecule has 0 aliphatic heterocycles. The van der Waals surface area contributed by atoms with E-state index >= 15 is 0 Å². The maximum Gasteiger partial charge on any atom is 0.106 e. The largest absolute Gasteiger partial charge is 0.498 e.